The van der Waals surface area contributed by atoms with Gasteiger partial charge in [-0.05, 0) is 32.4 Å². The standard InChI is InChI=1S/C13H15NO2/c1-13(2,10-14)6-7-16-12-5-3-4-11(8-12)9-15/h3-5,8-9H,6-7H2,1-2H3. The van der Waals surface area contributed by atoms with Crippen LogP contribution in [0.1, 0.15) is 30.6 Å². The monoisotopic (exact) mass is 217 g/mol. The van der Waals surface area contributed by atoms with Crippen LogP contribution in [0.3, 0.4) is 0 Å². The van der Waals surface area contributed by atoms with Crippen molar-refractivity contribution in [3.8, 4) is 11.8 Å². The predicted molar refractivity (Wildman–Crippen MR) is 61.3 cm³/mol. The van der Waals surface area contributed by atoms with Gasteiger partial charge in [-0.15, -0.1) is 0 Å². The summed E-state index contributed by atoms with van der Waals surface area (Å²) in [5.41, 5.74) is 0.222. The average molecular weight is 217 g/mol. The Morgan fingerprint density at radius 1 is 1.50 bits per heavy atom. The molecule has 0 amide bonds. The smallest absolute Gasteiger partial charge is 0.150 e. The SMILES string of the molecule is CC(C)(C#N)CCOc1cccc(C=O)c1. The lowest BCUT2D eigenvalue weighted by molar-refractivity contribution is 0.112. The third-order valence-corrected chi connectivity index (χ3v) is 2.29. The zero-order valence-electron chi connectivity index (χ0n) is 9.56. The summed E-state index contributed by atoms with van der Waals surface area (Å²) in [6.07, 6.45) is 1.45. The fourth-order valence-corrected chi connectivity index (χ4v) is 1.16. The first kappa shape index (κ1) is 12.3. The Hall–Kier alpha value is -1.82. The molecule has 0 aliphatic rings. The van der Waals surface area contributed by atoms with Gasteiger partial charge in [-0.3, -0.25) is 4.79 Å². The predicted octanol–water partition coefficient (Wildman–Crippen LogP) is 2.82. The Bertz CT molecular complexity index is 405. The fourth-order valence-electron chi connectivity index (χ4n) is 1.16. The van der Waals surface area contributed by atoms with Crippen molar-refractivity contribution in [2.24, 2.45) is 5.41 Å². The van der Waals surface area contributed by atoms with E-state index in [9.17, 15) is 4.79 Å². The first-order valence-electron chi connectivity index (χ1n) is 5.17. The molecule has 84 valence electrons. The first-order chi connectivity index (χ1) is 7.57. The van der Waals surface area contributed by atoms with E-state index in [0.29, 0.717) is 24.3 Å². The number of benzene rings is 1. The maximum atomic E-state index is 10.5. The van der Waals surface area contributed by atoms with Crippen molar-refractivity contribution in [3.05, 3.63) is 29.8 Å². The second-order valence-corrected chi connectivity index (χ2v) is 4.28. The van der Waals surface area contributed by atoms with Gasteiger partial charge >= 0.3 is 0 Å². The number of hydrogen-bond donors (Lipinski definition) is 0. The van der Waals surface area contributed by atoms with Crippen LogP contribution in [0, 0.1) is 16.7 Å². The van der Waals surface area contributed by atoms with E-state index in [1.165, 1.54) is 0 Å². The largest absolute Gasteiger partial charge is 0.494 e. The van der Waals surface area contributed by atoms with E-state index in [-0.39, 0.29) is 5.41 Å². The van der Waals surface area contributed by atoms with Crippen LogP contribution in [-0.4, -0.2) is 12.9 Å². The molecule has 1 rings (SSSR count). The van der Waals surface area contributed by atoms with Gasteiger partial charge in [0.25, 0.3) is 0 Å². The average Bonchev–Trinajstić information content (AvgIpc) is 2.29. The van der Waals surface area contributed by atoms with Crippen LogP contribution in [0.4, 0.5) is 0 Å². The summed E-state index contributed by atoms with van der Waals surface area (Å²) < 4.78 is 5.48. The van der Waals surface area contributed by atoms with E-state index in [1.807, 2.05) is 13.8 Å². The van der Waals surface area contributed by atoms with Gasteiger partial charge in [0.1, 0.15) is 12.0 Å². The van der Waals surface area contributed by atoms with Crippen LogP contribution in [-0.2, 0) is 0 Å². The number of aldehydes is 1. The number of rotatable bonds is 5. The highest BCUT2D eigenvalue weighted by molar-refractivity contribution is 5.75. The zero-order valence-corrected chi connectivity index (χ0v) is 9.56. The lowest BCUT2D eigenvalue weighted by atomic mass is 9.92. The molecule has 1 aromatic carbocycles. The second kappa shape index (κ2) is 5.32. The zero-order chi connectivity index (χ0) is 12.0. The van der Waals surface area contributed by atoms with Crippen LogP contribution in [0.2, 0.25) is 0 Å². The van der Waals surface area contributed by atoms with Gasteiger partial charge in [-0.1, -0.05) is 12.1 Å². The van der Waals surface area contributed by atoms with Crippen LogP contribution in [0.25, 0.3) is 0 Å². The summed E-state index contributed by atoms with van der Waals surface area (Å²) in [6.45, 7) is 4.22. The number of nitriles is 1. The summed E-state index contributed by atoms with van der Waals surface area (Å²) in [4.78, 5) is 10.5. The Morgan fingerprint density at radius 3 is 2.88 bits per heavy atom. The number of carbonyl (C=O) groups is 1. The minimum absolute atomic E-state index is 0.373. The Labute approximate surface area is 95.7 Å². The fraction of sp³-hybridized carbons (Fsp3) is 0.385. The molecule has 0 aliphatic carbocycles. The van der Waals surface area contributed by atoms with Crippen molar-refractivity contribution in [1.82, 2.24) is 0 Å². The molecular weight excluding hydrogens is 202 g/mol. The second-order valence-electron chi connectivity index (χ2n) is 4.28. The number of hydrogen-bond acceptors (Lipinski definition) is 3. The normalized spacial score (nSPS) is 10.6. The molecule has 0 bridgehead atoms. The summed E-state index contributed by atoms with van der Waals surface area (Å²) in [7, 11) is 0. The summed E-state index contributed by atoms with van der Waals surface area (Å²) in [5, 5.41) is 8.82. The molecule has 1 aromatic rings. The molecule has 3 nitrogen and oxygen atoms in total. The molecule has 0 N–H and O–H groups in total. The van der Waals surface area contributed by atoms with E-state index in [2.05, 4.69) is 6.07 Å². The highest BCUT2D eigenvalue weighted by atomic mass is 16.5. The molecular formula is C13H15NO2. The quantitative estimate of drug-likeness (QED) is 0.712. The van der Waals surface area contributed by atoms with Crippen LogP contribution >= 0.6 is 0 Å². The van der Waals surface area contributed by atoms with Crippen LogP contribution in [0.15, 0.2) is 24.3 Å². The lowest BCUT2D eigenvalue weighted by Gasteiger charge is -2.15. The highest BCUT2D eigenvalue weighted by Gasteiger charge is 2.16. The summed E-state index contributed by atoms with van der Waals surface area (Å²) in [6, 6.07) is 9.19. The molecule has 0 fully saturated rings. The molecule has 16 heavy (non-hydrogen) atoms. The maximum absolute atomic E-state index is 10.5. The van der Waals surface area contributed by atoms with E-state index in [1.54, 1.807) is 24.3 Å². The van der Waals surface area contributed by atoms with E-state index in [0.717, 1.165) is 6.29 Å². The summed E-state index contributed by atoms with van der Waals surface area (Å²) >= 11 is 0. The van der Waals surface area contributed by atoms with Crippen molar-refractivity contribution in [1.29, 1.82) is 5.26 Å². The van der Waals surface area contributed by atoms with Gasteiger partial charge in [0.2, 0.25) is 0 Å². The first-order valence-corrected chi connectivity index (χ1v) is 5.17. The van der Waals surface area contributed by atoms with Crippen LogP contribution in [0.5, 0.6) is 5.75 Å². The van der Waals surface area contributed by atoms with Gasteiger partial charge in [0, 0.05) is 5.56 Å². The van der Waals surface area contributed by atoms with Gasteiger partial charge in [-0.25, -0.2) is 0 Å². The molecule has 3 heteroatoms. The number of nitrogens with zero attached hydrogens (tertiary/aromatic N) is 1. The van der Waals surface area contributed by atoms with Crippen molar-refractivity contribution in [2.45, 2.75) is 20.3 Å². The third-order valence-electron chi connectivity index (χ3n) is 2.29. The molecule has 0 spiro atoms. The Morgan fingerprint density at radius 2 is 2.25 bits per heavy atom. The minimum atomic E-state index is -0.373. The Balaban J connectivity index is 2.49. The molecule has 0 radical (unpaired) electrons. The van der Waals surface area contributed by atoms with Crippen molar-refractivity contribution < 1.29 is 9.53 Å². The van der Waals surface area contributed by atoms with Crippen LogP contribution < -0.4 is 4.74 Å². The van der Waals surface area contributed by atoms with E-state index >= 15 is 0 Å². The topological polar surface area (TPSA) is 50.1 Å². The molecule has 0 unspecified atom stereocenters. The van der Waals surface area contributed by atoms with Gasteiger partial charge in [-0.2, -0.15) is 5.26 Å². The third kappa shape index (κ3) is 3.74. The summed E-state index contributed by atoms with van der Waals surface area (Å²) in [5.74, 6) is 0.665. The van der Waals surface area contributed by atoms with E-state index < -0.39 is 0 Å². The van der Waals surface area contributed by atoms with Crippen molar-refractivity contribution in [2.75, 3.05) is 6.61 Å². The molecule has 0 aromatic heterocycles. The molecule has 0 atom stereocenters. The molecule has 0 saturated heterocycles. The highest BCUT2D eigenvalue weighted by Crippen LogP contribution is 2.19. The molecule has 0 aliphatic heterocycles. The number of carbonyl (C=O) groups excluding carboxylic acids is 1. The molecule has 0 heterocycles. The molecule has 0 saturated carbocycles. The number of ether oxygens (including phenoxy) is 1. The Kier molecular flexibility index (Phi) is 4.07. The van der Waals surface area contributed by atoms with Gasteiger partial charge in [0.15, 0.2) is 0 Å². The lowest BCUT2D eigenvalue weighted by Crippen LogP contribution is -2.13. The van der Waals surface area contributed by atoms with Crippen molar-refractivity contribution >= 4 is 6.29 Å². The van der Waals surface area contributed by atoms with Gasteiger partial charge in [0.05, 0.1) is 18.1 Å². The minimum Gasteiger partial charge on any atom is -0.494 e. The van der Waals surface area contributed by atoms with Crippen molar-refractivity contribution in [3.63, 3.8) is 0 Å². The maximum Gasteiger partial charge on any atom is 0.150 e. The van der Waals surface area contributed by atoms with E-state index in [4.69, 9.17) is 10.00 Å². The van der Waals surface area contributed by atoms with Gasteiger partial charge < -0.3 is 4.74 Å².